The van der Waals surface area contributed by atoms with Gasteiger partial charge in [-0.3, -0.25) is 4.79 Å². The number of hydrogen-bond acceptors (Lipinski definition) is 5. The highest BCUT2D eigenvalue weighted by molar-refractivity contribution is 6.39. The summed E-state index contributed by atoms with van der Waals surface area (Å²) in [7, 11) is 0. The largest absolute Gasteiger partial charge is 0.480 e. The summed E-state index contributed by atoms with van der Waals surface area (Å²) in [6.45, 7) is 2.78. The molecule has 8 heteroatoms. The Hall–Kier alpha value is -1.83. The molecule has 0 aliphatic heterocycles. The summed E-state index contributed by atoms with van der Waals surface area (Å²) < 4.78 is 0. The second-order valence-electron chi connectivity index (χ2n) is 5.76. The monoisotopic (exact) mass is 398 g/mol. The number of aliphatic hydroxyl groups is 2. The van der Waals surface area contributed by atoms with Crippen LogP contribution in [0.15, 0.2) is 42.5 Å². The average molecular weight is 399 g/mol. The summed E-state index contributed by atoms with van der Waals surface area (Å²) in [5, 5.41) is 33.5. The molecule has 0 aliphatic carbocycles. The van der Waals surface area contributed by atoms with Crippen molar-refractivity contribution >= 4 is 40.5 Å². The Morgan fingerprint density at radius 3 is 2.04 bits per heavy atom. The minimum atomic E-state index is -1.29. The third kappa shape index (κ3) is 4.47. The quantitative estimate of drug-likeness (QED) is 0.529. The van der Waals surface area contributed by atoms with Gasteiger partial charge in [0.15, 0.2) is 0 Å². The maximum atomic E-state index is 11.9. The van der Waals surface area contributed by atoms with Gasteiger partial charge in [0.25, 0.3) is 0 Å². The molecule has 0 saturated carbocycles. The predicted molar refractivity (Wildman–Crippen MR) is 102 cm³/mol. The molecule has 26 heavy (non-hydrogen) atoms. The van der Waals surface area contributed by atoms with Crippen molar-refractivity contribution in [2.45, 2.75) is 32.3 Å². The normalized spacial score (nSPS) is 14.7. The summed E-state index contributed by atoms with van der Waals surface area (Å²) in [4.78, 5) is 13.0. The van der Waals surface area contributed by atoms with Gasteiger partial charge in [-0.1, -0.05) is 47.5 Å². The van der Waals surface area contributed by atoms with Crippen LogP contribution in [0.25, 0.3) is 0 Å². The van der Waals surface area contributed by atoms with E-state index in [9.17, 15) is 20.1 Å². The van der Waals surface area contributed by atoms with Crippen molar-refractivity contribution in [1.82, 2.24) is 4.90 Å². The standard InChI is InChI=1S/C18H20Cl2N2O4/c1-10(23)22(11(2)24)17(18(25)26)12-6-3-4-9-15(12)21-16-13(19)7-5-8-14(16)20/h3-11,17,21,23-24H,1-2H3,(H,25,26). The second kappa shape index (κ2) is 8.70. The molecule has 0 saturated heterocycles. The second-order valence-corrected chi connectivity index (χ2v) is 6.58. The molecule has 2 aromatic carbocycles. The van der Waals surface area contributed by atoms with E-state index >= 15 is 0 Å². The first kappa shape index (κ1) is 20.5. The fourth-order valence-electron chi connectivity index (χ4n) is 2.77. The van der Waals surface area contributed by atoms with E-state index in [1.54, 1.807) is 42.5 Å². The van der Waals surface area contributed by atoms with Crippen molar-refractivity contribution in [3.8, 4) is 0 Å². The molecule has 4 N–H and O–H groups in total. The highest BCUT2D eigenvalue weighted by atomic mass is 35.5. The zero-order valence-corrected chi connectivity index (χ0v) is 15.7. The van der Waals surface area contributed by atoms with Gasteiger partial charge in [0.1, 0.15) is 18.5 Å². The van der Waals surface area contributed by atoms with E-state index in [4.69, 9.17) is 23.2 Å². The minimum absolute atomic E-state index is 0.345. The molecule has 0 amide bonds. The lowest BCUT2D eigenvalue weighted by Crippen LogP contribution is -2.46. The molecular formula is C18H20Cl2N2O4. The number of para-hydroxylation sites is 2. The summed E-state index contributed by atoms with van der Waals surface area (Å²) >= 11 is 12.4. The molecule has 0 aromatic heterocycles. The number of nitrogens with zero attached hydrogens (tertiary/aromatic N) is 1. The van der Waals surface area contributed by atoms with Crippen LogP contribution in [0, 0.1) is 0 Å². The van der Waals surface area contributed by atoms with E-state index in [-0.39, 0.29) is 0 Å². The predicted octanol–water partition coefficient (Wildman–Crippen LogP) is 3.84. The van der Waals surface area contributed by atoms with Crippen LogP contribution in [0.3, 0.4) is 0 Å². The zero-order chi connectivity index (χ0) is 19.4. The van der Waals surface area contributed by atoms with Crippen molar-refractivity contribution in [2.24, 2.45) is 0 Å². The molecule has 2 aromatic rings. The van der Waals surface area contributed by atoms with Gasteiger partial charge >= 0.3 is 5.97 Å². The number of benzene rings is 2. The first-order valence-corrected chi connectivity index (χ1v) is 8.66. The molecule has 3 unspecified atom stereocenters. The molecule has 140 valence electrons. The molecule has 0 fully saturated rings. The Bertz CT molecular complexity index is 755. The summed E-state index contributed by atoms with van der Waals surface area (Å²) in [6.07, 6.45) is -2.37. The number of rotatable bonds is 7. The van der Waals surface area contributed by atoms with Gasteiger partial charge in [-0.15, -0.1) is 0 Å². The zero-order valence-electron chi connectivity index (χ0n) is 14.2. The van der Waals surface area contributed by atoms with Crippen LogP contribution in [0.4, 0.5) is 11.4 Å². The molecular weight excluding hydrogens is 379 g/mol. The van der Waals surface area contributed by atoms with E-state index in [0.717, 1.165) is 4.90 Å². The summed E-state index contributed by atoms with van der Waals surface area (Å²) in [5.41, 5.74) is 1.23. The SMILES string of the molecule is CC(O)N(C(C)O)C(C(=O)O)c1ccccc1Nc1c(Cl)cccc1Cl. The Morgan fingerprint density at radius 1 is 1.00 bits per heavy atom. The maximum Gasteiger partial charge on any atom is 0.325 e. The Labute approximate surface area is 161 Å². The maximum absolute atomic E-state index is 11.9. The van der Waals surface area contributed by atoms with Crippen LogP contribution in [0.5, 0.6) is 0 Å². The van der Waals surface area contributed by atoms with Crippen LogP contribution in [-0.4, -0.2) is 38.6 Å². The Kier molecular flexibility index (Phi) is 6.86. The van der Waals surface area contributed by atoms with E-state index in [1.807, 2.05) is 0 Å². The van der Waals surface area contributed by atoms with Crippen LogP contribution < -0.4 is 5.32 Å². The van der Waals surface area contributed by atoms with Gasteiger partial charge in [-0.25, -0.2) is 4.90 Å². The van der Waals surface area contributed by atoms with Gasteiger partial charge in [0.05, 0.1) is 15.7 Å². The van der Waals surface area contributed by atoms with Crippen molar-refractivity contribution in [2.75, 3.05) is 5.32 Å². The molecule has 0 spiro atoms. The number of carboxylic acid groups (broad SMARTS) is 1. The smallest absolute Gasteiger partial charge is 0.325 e. The molecule has 6 nitrogen and oxygen atoms in total. The van der Waals surface area contributed by atoms with Crippen LogP contribution >= 0.6 is 23.2 Å². The van der Waals surface area contributed by atoms with Crippen LogP contribution in [0.2, 0.25) is 10.0 Å². The fourth-order valence-corrected chi connectivity index (χ4v) is 3.26. The molecule has 0 radical (unpaired) electrons. The van der Waals surface area contributed by atoms with E-state index in [2.05, 4.69) is 5.32 Å². The molecule has 0 heterocycles. The number of nitrogens with one attached hydrogen (secondary N) is 1. The van der Waals surface area contributed by atoms with E-state index in [0.29, 0.717) is 27.0 Å². The first-order chi connectivity index (χ1) is 12.2. The molecule has 0 aliphatic rings. The van der Waals surface area contributed by atoms with Gasteiger partial charge in [0.2, 0.25) is 0 Å². The molecule has 0 bridgehead atoms. The van der Waals surface area contributed by atoms with Gasteiger partial charge < -0.3 is 20.6 Å². The molecule has 2 rings (SSSR count). The summed E-state index contributed by atoms with van der Waals surface area (Å²) in [5.74, 6) is -1.22. The lowest BCUT2D eigenvalue weighted by molar-refractivity contribution is -0.161. The highest BCUT2D eigenvalue weighted by Crippen LogP contribution is 2.36. The number of carboxylic acids is 1. The van der Waals surface area contributed by atoms with E-state index < -0.39 is 24.5 Å². The first-order valence-electron chi connectivity index (χ1n) is 7.90. The third-order valence-electron chi connectivity index (χ3n) is 3.87. The topological polar surface area (TPSA) is 93.0 Å². The van der Waals surface area contributed by atoms with Crippen molar-refractivity contribution in [1.29, 1.82) is 0 Å². The Balaban J connectivity index is 2.54. The number of aliphatic carboxylic acids is 1. The number of aliphatic hydroxyl groups excluding tert-OH is 2. The fraction of sp³-hybridized carbons (Fsp3) is 0.278. The number of hydrogen-bond donors (Lipinski definition) is 4. The lowest BCUT2D eigenvalue weighted by Gasteiger charge is -2.34. The molecule has 3 atom stereocenters. The number of halogens is 2. The van der Waals surface area contributed by atoms with Gasteiger partial charge in [-0.2, -0.15) is 0 Å². The lowest BCUT2D eigenvalue weighted by atomic mass is 10.0. The van der Waals surface area contributed by atoms with Crippen molar-refractivity contribution < 1.29 is 20.1 Å². The van der Waals surface area contributed by atoms with Crippen molar-refractivity contribution in [3.63, 3.8) is 0 Å². The van der Waals surface area contributed by atoms with Crippen LogP contribution in [-0.2, 0) is 4.79 Å². The average Bonchev–Trinajstić information content (AvgIpc) is 2.55. The third-order valence-corrected chi connectivity index (χ3v) is 4.50. The highest BCUT2D eigenvalue weighted by Gasteiger charge is 2.34. The number of anilines is 2. The minimum Gasteiger partial charge on any atom is -0.480 e. The summed E-state index contributed by atoms with van der Waals surface area (Å²) in [6, 6.07) is 10.4. The Morgan fingerprint density at radius 2 is 1.54 bits per heavy atom. The van der Waals surface area contributed by atoms with Crippen molar-refractivity contribution in [3.05, 3.63) is 58.1 Å². The number of carbonyl (C=O) groups is 1. The van der Waals surface area contributed by atoms with Gasteiger partial charge in [0, 0.05) is 11.3 Å². The van der Waals surface area contributed by atoms with Crippen LogP contribution in [0.1, 0.15) is 25.5 Å². The van der Waals surface area contributed by atoms with E-state index in [1.165, 1.54) is 13.8 Å². The van der Waals surface area contributed by atoms with Gasteiger partial charge in [-0.05, 0) is 32.0 Å².